The number of sulfonamides is 1. The first-order valence-electron chi connectivity index (χ1n) is 5.35. The van der Waals surface area contributed by atoms with Gasteiger partial charge in [-0.15, -0.1) is 0 Å². The van der Waals surface area contributed by atoms with Crippen LogP contribution >= 0.6 is 0 Å². The van der Waals surface area contributed by atoms with Crippen molar-refractivity contribution < 1.29 is 27.9 Å². The second-order valence-electron chi connectivity index (χ2n) is 3.94. The summed E-state index contributed by atoms with van der Waals surface area (Å²) in [5.74, 6) is -2.54. The number of carbonyl (C=O) groups is 3. The largest absolute Gasteiger partial charge is 0.481 e. The topological polar surface area (TPSA) is 130 Å². The lowest BCUT2D eigenvalue weighted by atomic mass is 10.1. The Balaban J connectivity index is 2.47. The highest BCUT2D eigenvalue weighted by Gasteiger charge is 2.29. The first kappa shape index (κ1) is 14.6. The molecule has 18 heavy (non-hydrogen) atoms. The molecule has 0 saturated carbocycles. The number of aliphatic carboxylic acids is 1. The Bertz CT molecular complexity index is 458. The molecule has 2 amide bonds. The van der Waals surface area contributed by atoms with Gasteiger partial charge in [0.25, 0.3) is 0 Å². The number of carbonyl (C=O) groups excluding carboxylic acids is 2. The van der Waals surface area contributed by atoms with Crippen molar-refractivity contribution in [2.45, 2.75) is 31.7 Å². The van der Waals surface area contributed by atoms with E-state index in [4.69, 9.17) is 5.11 Å². The van der Waals surface area contributed by atoms with Crippen LogP contribution in [-0.4, -0.2) is 43.1 Å². The van der Waals surface area contributed by atoms with Crippen molar-refractivity contribution in [1.82, 2.24) is 10.0 Å². The number of carboxylic acids is 1. The SMILES string of the molecule is O=C(O)CCCS(=O)(=O)NC1CCC(=O)NC1=O. The van der Waals surface area contributed by atoms with E-state index in [-0.39, 0.29) is 31.4 Å². The van der Waals surface area contributed by atoms with Gasteiger partial charge < -0.3 is 5.11 Å². The van der Waals surface area contributed by atoms with Crippen molar-refractivity contribution in [3.05, 3.63) is 0 Å². The monoisotopic (exact) mass is 278 g/mol. The standard InChI is InChI=1S/C9H14N2O6S/c12-7-4-3-6(9(15)10-7)11-18(16,17)5-1-2-8(13)14/h6,11H,1-5H2,(H,13,14)(H,10,12,15). The third-order valence-electron chi connectivity index (χ3n) is 2.36. The van der Waals surface area contributed by atoms with Gasteiger partial charge in [0, 0.05) is 12.8 Å². The first-order chi connectivity index (χ1) is 8.30. The normalized spacial score (nSPS) is 20.6. The molecule has 102 valence electrons. The molecule has 1 fully saturated rings. The highest BCUT2D eigenvalue weighted by Crippen LogP contribution is 2.06. The maximum Gasteiger partial charge on any atom is 0.303 e. The molecule has 0 spiro atoms. The lowest BCUT2D eigenvalue weighted by Gasteiger charge is -2.21. The number of carboxylic acid groups (broad SMARTS) is 1. The van der Waals surface area contributed by atoms with E-state index in [1.165, 1.54) is 0 Å². The van der Waals surface area contributed by atoms with Gasteiger partial charge in [-0.05, 0) is 12.8 Å². The molecule has 1 aliphatic rings. The van der Waals surface area contributed by atoms with Crippen LogP contribution in [0.4, 0.5) is 0 Å². The maximum atomic E-state index is 11.5. The van der Waals surface area contributed by atoms with Gasteiger partial charge in [0.05, 0.1) is 5.75 Å². The van der Waals surface area contributed by atoms with E-state index < -0.39 is 33.8 Å². The van der Waals surface area contributed by atoms with Crippen LogP contribution in [-0.2, 0) is 24.4 Å². The number of hydrogen-bond donors (Lipinski definition) is 3. The van der Waals surface area contributed by atoms with Gasteiger partial charge in [0.15, 0.2) is 0 Å². The van der Waals surface area contributed by atoms with E-state index in [1.807, 2.05) is 5.32 Å². The number of piperidine rings is 1. The van der Waals surface area contributed by atoms with E-state index in [9.17, 15) is 22.8 Å². The number of nitrogens with one attached hydrogen (secondary N) is 2. The van der Waals surface area contributed by atoms with Crippen LogP contribution in [0.25, 0.3) is 0 Å². The molecule has 1 saturated heterocycles. The maximum absolute atomic E-state index is 11.5. The molecule has 0 aliphatic carbocycles. The minimum absolute atomic E-state index is 0.0298. The highest BCUT2D eigenvalue weighted by molar-refractivity contribution is 7.89. The Morgan fingerprint density at radius 2 is 2.11 bits per heavy atom. The quantitative estimate of drug-likeness (QED) is 0.511. The van der Waals surface area contributed by atoms with Crippen LogP contribution < -0.4 is 10.0 Å². The fraction of sp³-hybridized carbons (Fsp3) is 0.667. The summed E-state index contributed by atoms with van der Waals surface area (Å²) < 4.78 is 25.2. The molecule has 0 aromatic heterocycles. The van der Waals surface area contributed by atoms with Crippen molar-refractivity contribution in [3.63, 3.8) is 0 Å². The number of imide groups is 1. The Kier molecular flexibility index (Phi) is 4.79. The summed E-state index contributed by atoms with van der Waals surface area (Å²) in [7, 11) is -3.71. The van der Waals surface area contributed by atoms with Crippen LogP contribution in [0, 0.1) is 0 Å². The molecule has 1 atom stereocenters. The first-order valence-corrected chi connectivity index (χ1v) is 7.01. The van der Waals surface area contributed by atoms with E-state index in [2.05, 4.69) is 4.72 Å². The fourth-order valence-corrected chi connectivity index (χ4v) is 2.80. The average Bonchev–Trinajstić information content (AvgIpc) is 2.21. The molecule has 1 unspecified atom stereocenters. The molecule has 1 aliphatic heterocycles. The molecule has 1 heterocycles. The predicted octanol–water partition coefficient (Wildman–Crippen LogP) is -1.42. The van der Waals surface area contributed by atoms with Crippen LogP contribution in [0.3, 0.4) is 0 Å². The second kappa shape index (κ2) is 5.91. The van der Waals surface area contributed by atoms with E-state index in [1.54, 1.807) is 0 Å². The lowest BCUT2D eigenvalue weighted by Crippen LogP contribution is -2.52. The Hall–Kier alpha value is -1.48. The van der Waals surface area contributed by atoms with Gasteiger partial charge in [-0.25, -0.2) is 13.1 Å². The van der Waals surface area contributed by atoms with Crippen molar-refractivity contribution in [1.29, 1.82) is 0 Å². The molecule has 0 aromatic carbocycles. The number of rotatable bonds is 6. The van der Waals surface area contributed by atoms with Crippen LogP contribution in [0.5, 0.6) is 0 Å². The van der Waals surface area contributed by atoms with Gasteiger partial charge in [0.2, 0.25) is 21.8 Å². The van der Waals surface area contributed by atoms with E-state index in [0.29, 0.717) is 0 Å². The third kappa shape index (κ3) is 4.80. The summed E-state index contributed by atoms with van der Waals surface area (Å²) in [6.45, 7) is 0. The van der Waals surface area contributed by atoms with E-state index in [0.717, 1.165) is 0 Å². The zero-order valence-electron chi connectivity index (χ0n) is 9.51. The van der Waals surface area contributed by atoms with Gasteiger partial charge in [-0.1, -0.05) is 0 Å². The van der Waals surface area contributed by atoms with Gasteiger partial charge in [-0.3, -0.25) is 19.7 Å². The van der Waals surface area contributed by atoms with Crippen molar-refractivity contribution >= 4 is 27.8 Å². The van der Waals surface area contributed by atoms with Crippen molar-refractivity contribution in [2.24, 2.45) is 0 Å². The van der Waals surface area contributed by atoms with Gasteiger partial charge >= 0.3 is 5.97 Å². The summed E-state index contributed by atoms with van der Waals surface area (Å²) >= 11 is 0. The zero-order chi connectivity index (χ0) is 13.8. The highest BCUT2D eigenvalue weighted by atomic mass is 32.2. The molecule has 9 heteroatoms. The minimum Gasteiger partial charge on any atom is -0.481 e. The number of amides is 2. The van der Waals surface area contributed by atoms with Crippen molar-refractivity contribution in [3.8, 4) is 0 Å². The molecule has 0 radical (unpaired) electrons. The van der Waals surface area contributed by atoms with Gasteiger partial charge in [0.1, 0.15) is 6.04 Å². The Morgan fingerprint density at radius 3 is 2.67 bits per heavy atom. The summed E-state index contributed by atoms with van der Waals surface area (Å²) in [4.78, 5) is 32.4. The Morgan fingerprint density at radius 1 is 1.44 bits per heavy atom. The Labute approximate surface area is 104 Å². The molecular formula is C9H14N2O6S. The van der Waals surface area contributed by atoms with E-state index >= 15 is 0 Å². The number of hydrogen-bond acceptors (Lipinski definition) is 5. The van der Waals surface area contributed by atoms with Gasteiger partial charge in [-0.2, -0.15) is 0 Å². The molecule has 1 rings (SSSR count). The smallest absolute Gasteiger partial charge is 0.303 e. The van der Waals surface area contributed by atoms with Crippen LogP contribution in [0.2, 0.25) is 0 Å². The minimum atomic E-state index is -3.71. The fourth-order valence-electron chi connectivity index (χ4n) is 1.50. The van der Waals surface area contributed by atoms with Crippen LogP contribution in [0.15, 0.2) is 0 Å². The summed E-state index contributed by atoms with van der Waals surface area (Å²) in [5.41, 5.74) is 0. The predicted molar refractivity (Wildman–Crippen MR) is 60.0 cm³/mol. The molecular weight excluding hydrogens is 264 g/mol. The molecule has 3 N–H and O–H groups in total. The summed E-state index contributed by atoms with van der Waals surface area (Å²) in [6.07, 6.45) is -0.0922. The molecule has 8 nitrogen and oxygen atoms in total. The second-order valence-corrected chi connectivity index (χ2v) is 5.81. The van der Waals surface area contributed by atoms with Crippen LogP contribution in [0.1, 0.15) is 25.7 Å². The summed E-state index contributed by atoms with van der Waals surface area (Å²) in [5, 5.41) is 10.4. The lowest BCUT2D eigenvalue weighted by molar-refractivity contribution is -0.137. The summed E-state index contributed by atoms with van der Waals surface area (Å²) in [6, 6.07) is -0.961. The molecule has 0 aromatic rings. The van der Waals surface area contributed by atoms with Crippen molar-refractivity contribution in [2.75, 3.05) is 5.75 Å². The zero-order valence-corrected chi connectivity index (χ0v) is 10.3. The third-order valence-corrected chi connectivity index (χ3v) is 3.83. The molecule has 0 bridgehead atoms. The average molecular weight is 278 g/mol.